The van der Waals surface area contributed by atoms with Gasteiger partial charge in [0.2, 0.25) is 0 Å². The molecule has 1 aliphatic rings. The van der Waals surface area contributed by atoms with Gasteiger partial charge in [-0.3, -0.25) is 19.3 Å². The average Bonchev–Trinajstić information content (AvgIpc) is 3.09. The maximum atomic E-state index is 15.1. The summed E-state index contributed by atoms with van der Waals surface area (Å²) in [5, 5.41) is 10.8. The van der Waals surface area contributed by atoms with E-state index in [4.69, 9.17) is 33.4 Å². The van der Waals surface area contributed by atoms with Crippen LogP contribution in [0.25, 0.3) is 4.85 Å². The number of hydrogen-bond donors (Lipinski definition) is 2. The predicted molar refractivity (Wildman–Crippen MR) is 147 cm³/mol. The number of carboxylic acids is 1. The van der Waals surface area contributed by atoms with Crippen LogP contribution in [0.4, 0.5) is 34.6 Å². The fraction of sp³-hybridized carbons (Fsp3) is 0.370. The van der Waals surface area contributed by atoms with E-state index in [1.165, 1.54) is 36.9 Å². The fourth-order valence-corrected chi connectivity index (χ4v) is 4.61. The molecule has 0 saturated carbocycles. The van der Waals surface area contributed by atoms with Gasteiger partial charge in [-0.05, 0) is 56.4 Å². The highest BCUT2D eigenvalue weighted by atomic mass is 32.1. The number of carbonyl (C=O) groups excluding carboxylic acids is 2. The zero-order chi connectivity index (χ0) is 31.2. The number of ether oxygens (including phenoxy) is 2. The Bertz CT molecular complexity index is 1430. The fourth-order valence-electron chi connectivity index (χ4n) is 4.08. The summed E-state index contributed by atoms with van der Waals surface area (Å²) in [7, 11) is 0. The van der Waals surface area contributed by atoms with Gasteiger partial charge in [0.25, 0.3) is 11.8 Å². The molecule has 2 aromatic rings. The van der Waals surface area contributed by atoms with Gasteiger partial charge in [-0.15, -0.1) is 0 Å². The van der Waals surface area contributed by atoms with Crippen molar-refractivity contribution in [3.05, 3.63) is 64.8 Å². The lowest BCUT2D eigenvalue weighted by Crippen LogP contribution is -2.44. The summed E-state index contributed by atoms with van der Waals surface area (Å²) in [4.78, 5) is 41.3. The molecule has 0 aromatic heterocycles. The van der Waals surface area contributed by atoms with Gasteiger partial charge in [-0.1, -0.05) is 6.07 Å². The molecule has 42 heavy (non-hydrogen) atoms. The van der Waals surface area contributed by atoms with Crippen molar-refractivity contribution in [1.29, 1.82) is 0 Å². The number of rotatable bonds is 12. The number of hydrogen-bond acceptors (Lipinski definition) is 6. The van der Waals surface area contributed by atoms with Crippen LogP contribution in [0.15, 0.2) is 36.4 Å². The monoisotopic (exact) mass is 610 g/mol. The minimum atomic E-state index is -4.85. The molecule has 0 spiro atoms. The third-order valence-corrected chi connectivity index (χ3v) is 6.52. The quantitative estimate of drug-likeness (QED) is 0.156. The number of carbonyl (C=O) groups is 3. The summed E-state index contributed by atoms with van der Waals surface area (Å²) in [6, 6.07) is 6.34. The Kier molecular flexibility index (Phi) is 10.2. The van der Waals surface area contributed by atoms with Crippen LogP contribution < -0.4 is 15.1 Å². The van der Waals surface area contributed by atoms with Crippen molar-refractivity contribution in [3.8, 4) is 0 Å². The molecular formula is C27H26F4N4O6S. The molecule has 1 heterocycles. The Morgan fingerprint density at radius 2 is 1.71 bits per heavy atom. The van der Waals surface area contributed by atoms with Gasteiger partial charge in [0.15, 0.2) is 10.8 Å². The topological polar surface area (TPSA) is 113 Å². The van der Waals surface area contributed by atoms with E-state index in [0.29, 0.717) is 6.07 Å². The summed E-state index contributed by atoms with van der Waals surface area (Å²) in [5.74, 6) is -3.32. The molecule has 1 fully saturated rings. The van der Waals surface area contributed by atoms with Gasteiger partial charge in [0, 0.05) is 17.9 Å². The molecule has 1 aliphatic heterocycles. The number of amides is 2. The number of nitrogens with one attached hydrogen (secondary N) is 1. The molecule has 0 bridgehead atoms. The Morgan fingerprint density at radius 1 is 1.07 bits per heavy atom. The summed E-state index contributed by atoms with van der Waals surface area (Å²) in [6.45, 7) is 10.5. The number of aliphatic carboxylic acids is 1. The van der Waals surface area contributed by atoms with Crippen LogP contribution in [-0.2, 0) is 25.2 Å². The van der Waals surface area contributed by atoms with Crippen molar-refractivity contribution in [1.82, 2.24) is 5.32 Å². The maximum Gasteiger partial charge on any atom is 0.407 e. The summed E-state index contributed by atoms with van der Waals surface area (Å²) >= 11 is 5.44. The molecule has 224 valence electrons. The molecule has 1 saturated heterocycles. The second-order valence-corrected chi connectivity index (χ2v) is 9.78. The molecular weight excluding hydrogens is 584 g/mol. The molecule has 0 aliphatic carbocycles. The van der Waals surface area contributed by atoms with Crippen LogP contribution in [0.2, 0.25) is 0 Å². The molecule has 0 atom stereocenters. The van der Waals surface area contributed by atoms with E-state index in [9.17, 15) is 27.6 Å². The second-order valence-electron chi connectivity index (χ2n) is 9.42. The first-order valence-electron chi connectivity index (χ1n) is 12.4. The highest BCUT2D eigenvalue weighted by Crippen LogP contribution is 2.42. The molecule has 0 unspecified atom stereocenters. The van der Waals surface area contributed by atoms with Crippen LogP contribution >= 0.6 is 12.2 Å². The minimum Gasteiger partial charge on any atom is -0.481 e. The molecule has 0 radical (unpaired) electrons. The Balaban J connectivity index is 1.69. The number of anilines is 2. The lowest BCUT2D eigenvalue weighted by molar-refractivity contribution is -0.138. The largest absolute Gasteiger partial charge is 0.481 e. The SMILES string of the molecule is [C-]#[N+]c1ccc(N2C(=O)C(C)(C)N(c3ccc(C(=O)NCCOCCOCCC(=O)O)c(F)c3)C2=S)cc1C(F)(F)F. The van der Waals surface area contributed by atoms with Crippen molar-refractivity contribution in [3.63, 3.8) is 0 Å². The van der Waals surface area contributed by atoms with Crippen molar-refractivity contribution in [2.45, 2.75) is 32.0 Å². The summed E-state index contributed by atoms with van der Waals surface area (Å²) in [5.41, 5.74) is -3.70. The molecule has 15 heteroatoms. The van der Waals surface area contributed by atoms with Gasteiger partial charge in [-0.25, -0.2) is 9.24 Å². The van der Waals surface area contributed by atoms with Crippen molar-refractivity contribution in [2.24, 2.45) is 0 Å². The lowest BCUT2D eigenvalue weighted by Gasteiger charge is -2.29. The number of nitrogens with zero attached hydrogens (tertiary/aromatic N) is 3. The van der Waals surface area contributed by atoms with E-state index in [-0.39, 0.29) is 61.4 Å². The van der Waals surface area contributed by atoms with E-state index >= 15 is 4.39 Å². The highest BCUT2D eigenvalue weighted by Gasteiger charge is 2.50. The van der Waals surface area contributed by atoms with Gasteiger partial charge < -0.3 is 24.8 Å². The van der Waals surface area contributed by atoms with Crippen LogP contribution in [-0.4, -0.2) is 66.5 Å². The smallest absolute Gasteiger partial charge is 0.407 e. The van der Waals surface area contributed by atoms with Crippen molar-refractivity contribution in [2.75, 3.05) is 42.8 Å². The minimum absolute atomic E-state index is 0.0472. The Labute approximate surface area is 243 Å². The lowest BCUT2D eigenvalue weighted by atomic mass is 10.0. The standard InChI is InChI=1S/C27H26F4N4O6S/c1-26(2)24(39)34(16-5-7-21(32-3)19(14-16)27(29,30)31)25(42)35(26)17-4-6-18(20(28)15-17)23(38)33-9-11-41-13-12-40-10-8-22(36)37/h4-7,14-15H,8-13H2,1-2H3,(H,33,38)(H,36,37). The number of thiocarbonyl (C=S) groups is 1. The van der Waals surface area contributed by atoms with Crippen molar-refractivity contribution < 1.29 is 46.5 Å². The predicted octanol–water partition coefficient (Wildman–Crippen LogP) is 4.55. The third-order valence-electron chi connectivity index (χ3n) is 6.15. The van der Waals surface area contributed by atoms with Crippen LogP contribution in [0.5, 0.6) is 0 Å². The van der Waals surface area contributed by atoms with Crippen molar-refractivity contribution >= 4 is 52.2 Å². The van der Waals surface area contributed by atoms with Gasteiger partial charge >= 0.3 is 12.1 Å². The number of benzene rings is 2. The number of alkyl halides is 3. The van der Waals surface area contributed by atoms with Crippen LogP contribution in [0.1, 0.15) is 36.2 Å². The first kappa shape index (κ1) is 32.4. The Hall–Kier alpha value is -4.13. The molecule has 2 N–H and O–H groups in total. The van der Waals surface area contributed by atoms with E-state index in [0.717, 1.165) is 17.0 Å². The second kappa shape index (κ2) is 13.2. The van der Waals surface area contributed by atoms with E-state index < -0.39 is 46.6 Å². The normalized spacial score (nSPS) is 14.7. The molecule has 2 amide bonds. The van der Waals surface area contributed by atoms with E-state index in [1.54, 1.807) is 0 Å². The molecule has 10 nitrogen and oxygen atoms in total. The molecule has 3 rings (SSSR count). The van der Waals surface area contributed by atoms with Gasteiger partial charge in [-0.2, -0.15) is 13.2 Å². The number of halogens is 4. The zero-order valence-corrected chi connectivity index (χ0v) is 23.3. The third kappa shape index (κ3) is 7.19. The van der Waals surface area contributed by atoms with Gasteiger partial charge in [0.1, 0.15) is 11.4 Å². The molecule has 2 aromatic carbocycles. The first-order valence-corrected chi connectivity index (χ1v) is 12.8. The van der Waals surface area contributed by atoms with E-state index in [1.807, 2.05) is 0 Å². The highest BCUT2D eigenvalue weighted by molar-refractivity contribution is 7.81. The zero-order valence-electron chi connectivity index (χ0n) is 22.5. The number of carboxylic acid groups (broad SMARTS) is 1. The summed E-state index contributed by atoms with van der Waals surface area (Å²) < 4.78 is 66.0. The Morgan fingerprint density at radius 3 is 2.31 bits per heavy atom. The van der Waals surface area contributed by atoms with E-state index in [2.05, 4.69) is 10.2 Å². The maximum absolute atomic E-state index is 15.1. The summed E-state index contributed by atoms with van der Waals surface area (Å²) in [6.07, 6.45) is -4.98. The van der Waals surface area contributed by atoms with Crippen LogP contribution in [0, 0.1) is 12.4 Å². The van der Waals surface area contributed by atoms with Gasteiger partial charge in [0.05, 0.1) is 50.5 Å². The average molecular weight is 611 g/mol. The van der Waals surface area contributed by atoms with Crippen LogP contribution in [0.3, 0.4) is 0 Å². The first-order chi connectivity index (χ1) is 19.7.